The Balaban J connectivity index is 1.63. The number of hydrogen-bond acceptors (Lipinski definition) is 4. The number of pyridine rings is 1. The SMILES string of the molecule is CC[C@H](NC(=O)N1CCO[C@H](c2cnn(CC)c2)C1)c1ccncc1. The van der Waals surface area contributed by atoms with Gasteiger partial charge in [0.25, 0.3) is 0 Å². The van der Waals surface area contributed by atoms with Crippen molar-refractivity contribution in [3.8, 4) is 0 Å². The van der Waals surface area contributed by atoms with E-state index in [2.05, 4.69) is 22.3 Å². The van der Waals surface area contributed by atoms with Gasteiger partial charge in [0.05, 0.1) is 25.4 Å². The molecule has 2 amide bonds. The number of morpholine rings is 1. The van der Waals surface area contributed by atoms with Gasteiger partial charge in [0, 0.05) is 37.2 Å². The van der Waals surface area contributed by atoms with Gasteiger partial charge < -0.3 is 15.0 Å². The van der Waals surface area contributed by atoms with E-state index < -0.39 is 0 Å². The molecule has 2 aromatic rings. The van der Waals surface area contributed by atoms with Crippen LogP contribution in [0.1, 0.15) is 43.5 Å². The van der Waals surface area contributed by atoms with Crippen LogP contribution in [-0.4, -0.2) is 45.4 Å². The van der Waals surface area contributed by atoms with Gasteiger partial charge in [-0.2, -0.15) is 5.10 Å². The van der Waals surface area contributed by atoms with Gasteiger partial charge in [-0.25, -0.2) is 4.79 Å². The third-order valence-electron chi connectivity index (χ3n) is 4.52. The number of aromatic nitrogens is 3. The van der Waals surface area contributed by atoms with Crippen LogP contribution >= 0.6 is 0 Å². The van der Waals surface area contributed by atoms with Crippen LogP contribution in [0.5, 0.6) is 0 Å². The van der Waals surface area contributed by atoms with Gasteiger partial charge in [-0.1, -0.05) is 6.92 Å². The molecule has 0 spiro atoms. The van der Waals surface area contributed by atoms with Crippen molar-refractivity contribution < 1.29 is 9.53 Å². The first-order chi connectivity index (χ1) is 12.2. The van der Waals surface area contributed by atoms with Gasteiger partial charge in [0.1, 0.15) is 6.10 Å². The third-order valence-corrected chi connectivity index (χ3v) is 4.52. The van der Waals surface area contributed by atoms with Crippen LogP contribution in [0.4, 0.5) is 4.79 Å². The summed E-state index contributed by atoms with van der Waals surface area (Å²) < 4.78 is 7.70. The van der Waals surface area contributed by atoms with E-state index in [9.17, 15) is 4.79 Å². The van der Waals surface area contributed by atoms with Gasteiger partial charge in [-0.05, 0) is 31.0 Å². The summed E-state index contributed by atoms with van der Waals surface area (Å²) in [5.74, 6) is 0. The molecule has 3 rings (SSSR count). The van der Waals surface area contributed by atoms with E-state index in [1.165, 1.54) is 0 Å². The minimum atomic E-state index is -0.124. The minimum absolute atomic E-state index is 0.0142. The average Bonchev–Trinajstić information content (AvgIpc) is 3.16. The Hall–Kier alpha value is -2.41. The van der Waals surface area contributed by atoms with Crippen molar-refractivity contribution in [3.63, 3.8) is 0 Å². The van der Waals surface area contributed by atoms with Gasteiger partial charge in [0.2, 0.25) is 0 Å². The molecule has 1 N–H and O–H groups in total. The van der Waals surface area contributed by atoms with E-state index in [-0.39, 0.29) is 18.2 Å². The molecule has 7 heteroatoms. The van der Waals surface area contributed by atoms with Crippen LogP contribution in [0.3, 0.4) is 0 Å². The zero-order valence-electron chi connectivity index (χ0n) is 14.8. The second kappa shape index (κ2) is 8.11. The maximum Gasteiger partial charge on any atom is 0.318 e. The molecular formula is C18H25N5O2. The minimum Gasteiger partial charge on any atom is -0.370 e. The van der Waals surface area contributed by atoms with Gasteiger partial charge >= 0.3 is 6.03 Å². The molecule has 0 aliphatic carbocycles. The summed E-state index contributed by atoms with van der Waals surface area (Å²) in [5.41, 5.74) is 2.08. The normalized spacial score (nSPS) is 18.8. The van der Waals surface area contributed by atoms with Crippen LogP contribution in [-0.2, 0) is 11.3 Å². The Morgan fingerprint density at radius 2 is 2.20 bits per heavy atom. The molecule has 134 valence electrons. The lowest BCUT2D eigenvalue weighted by Gasteiger charge is -2.33. The Bertz CT molecular complexity index is 688. The molecule has 0 unspecified atom stereocenters. The maximum atomic E-state index is 12.7. The fourth-order valence-electron chi connectivity index (χ4n) is 3.01. The largest absolute Gasteiger partial charge is 0.370 e. The van der Waals surface area contributed by atoms with E-state index in [1.807, 2.05) is 41.0 Å². The molecule has 1 aliphatic heterocycles. The number of aryl methyl sites for hydroxylation is 1. The summed E-state index contributed by atoms with van der Waals surface area (Å²) in [6.45, 7) is 6.59. The van der Waals surface area contributed by atoms with Crippen LogP contribution in [0, 0.1) is 0 Å². The quantitative estimate of drug-likeness (QED) is 0.905. The van der Waals surface area contributed by atoms with Gasteiger partial charge in [-0.15, -0.1) is 0 Å². The Labute approximate surface area is 148 Å². The maximum absolute atomic E-state index is 12.7. The van der Waals surface area contributed by atoms with Crippen LogP contribution in [0.15, 0.2) is 36.9 Å². The second-order valence-electron chi connectivity index (χ2n) is 6.13. The first-order valence-electron chi connectivity index (χ1n) is 8.80. The van der Waals surface area contributed by atoms with Crippen molar-refractivity contribution in [2.45, 2.75) is 39.0 Å². The van der Waals surface area contributed by atoms with Crippen molar-refractivity contribution in [2.75, 3.05) is 19.7 Å². The Kier molecular flexibility index (Phi) is 5.65. The summed E-state index contributed by atoms with van der Waals surface area (Å²) in [5, 5.41) is 7.42. The fourth-order valence-corrected chi connectivity index (χ4v) is 3.01. The monoisotopic (exact) mass is 343 g/mol. The van der Waals surface area contributed by atoms with Crippen LogP contribution in [0.25, 0.3) is 0 Å². The number of nitrogens with one attached hydrogen (secondary N) is 1. The number of hydrogen-bond donors (Lipinski definition) is 1. The average molecular weight is 343 g/mol. The second-order valence-corrected chi connectivity index (χ2v) is 6.13. The molecule has 0 radical (unpaired) electrons. The lowest BCUT2D eigenvalue weighted by Crippen LogP contribution is -2.48. The molecule has 1 aliphatic rings. The number of urea groups is 1. The number of amides is 2. The van der Waals surface area contributed by atoms with E-state index in [4.69, 9.17) is 4.74 Å². The summed E-state index contributed by atoms with van der Waals surface area (Å²) >= 11 is 0. The summed E-state index contributed by atoms with van der Waals surface area (Å²) in [7, 11) is 0. The molecule has 2 aromatic heterocycles. The van der Waals surface area contributed by atoms with Gasteiger partial charge in [-0.3, -0.25) is 9.67 Å². The highest BCUT2D eigenvalue weighted by molar-refractivity contribution is 5.75. The summed E-state index contributed by atoms with van der Waals surface area (Å²) in [6.07, 6.45) is 8.01. The van der Waals surface area contributed by atoms with Crippen molar-refractivity contribution >= 4 is 6.03 Å². The highest BCUT2D eigenvalue weighted by atomic mass is 16.5. The number of nitrogens with zero attached hydrogens (tertiary/aromatic N) is 4. The number of carbonyl (C=O) groups excluding carboxylic acids is 1. The van der Waals surface area contributed by atoms with E-state index in [0.717, 1.165) is 24.1 Å². The van der Waals surface area contributed by atoms with Crippen molar-refractivity contribution in [1.29, 1.82) is 0 Å². The molecule has 7 nitrogen and oxygen atoms in total. The lowest BCUT2D eigenvalue weighted by atomic mass is 10.1. The van der Waals surface area contributed by atoms with Crippen molar-refractivity contribution in [2.24, 2.45) is 0 Å². The predicted molar refractivity (Wildman–Crippen MR) is 94.0 cm³/mol. The Morgan fingerprint density at radius 1 is 1.40 bits per heavy atom. The Morgan fingerprint density at radius 3 is 2.88 bits per heavy atom. The highest BCUT2D eigenvalue weighted by Gasteiger charge is 2.27. The predicted octanol–water partition coefficient (Wildman–Crippen LogP) is 2.53. The third kappa shape index (κ3) is 4.17. The van der Waals surface area contributed by atoms with E-state index in [0.29, 0.717) is 19.7 Å². The fraction of sp³-hybridized carbons (Fsp3) is 0.500. The van der Waals surface area contributed by atoms with Gasteiger partial charge in [0.15, 0.2) is 0 Å². The number of ether oxygens (including phenoxy) is 1. The van der Waals surface area contributed by atoms with Crippen LogP contribution < -0.4 is 5.32 Å². The molecule has 1 saturated heterocycles. The van der Waals surface area contributed by atoms with E-state index >= 15 is 0 Å². The standard InChI is InChI=1S/C18H25N5O2/c1-3-16(14-5-7-19-8-6-14)21-18(24)22-9-10-25-17(13-22)15-11-20-23(4-2)12-15/h5-8,11-12,16-17H,3-4,9-10,13H2,1-2H3,(H,21,24)/t16-,17-/m0/s1. The highest BCUT2D eigenvalue weighted by Crippen LogP contribution is 2.23. The molecule has 2 atom stereocenters. The van der Waals surface area contributed by atoms with E-state index in [1.54, 1.807) is 12.4 Å². The molecule has 0 bridgehead atoms. The first-order valence-corrected chi connectivity index (χ1v) is 8.80. The van der Waals surface area contributed by atoms with Crippen molar-refractivity contribution in [1.82, 2.24) is 25.0 Å². The molecule has 0 saturated carbocycles. The van der Waals surface area contributed by atoms with Crippen molar-refractivity contribution in [3.05, 3.63) is 48.0 Å². The summed E-state index contributed by atoms with van der Waals surface area (Å²) in [6, 6.07) is 3.81. The van der Waals surface area contributed by atoms with Crippen LogP contribution in [0.2, 0.25) is 0 Å². The molecule has 0 aromatic carbocycles. The molecule has 3 heterocycles. The summed E-state index contributed by atoms with van der Waals surface area (Å²) in [4.78, 5) is 18.6. The topological polar surface area (TPSA) is 72.3 Å². The zero-order chi connectivity index (χ0) is 17.6. The molecular weight excluding hydrogens is 318 g/mol. The molecule has 1 fully saturated rings. The number of rotatable bonds is 5. The number of carbonyl (C=O) groups is 1. The molecule has 25 heavy (non-hydrogen) atoms. The first kappa shape index (κ1) is 17.4. The smallest absolute Gasteiger partial charge is 0.318 e. The lowest BCUT2D eigenvalue weighted by molar-refractivity contribution is -0.0158. The zero-order valence-corrected chi connectivity index (χ0v) is 14.8.